The Balaban J connectivity index is 2.09. The van der Waals surface area contributed by atoms with Gasteiger partial charge in [-0.3, -0.25) is 10.1 Å². The molecule has 2 rings (SSSR count). The Labute approximate surface area is 106 Å². The van der Waals surface area contributed by atoms with Crippen LogP contribution in [0.2, 0.25) is 0 Å². The molecule has 0 bridgehead atoms. The van der Waals surface area contributed by atoms with Gasteiger partial charge in [-0.05, 0) is 36.6 Å². The van der Waals surface area contributed by atoms with E-state index >= 15 is 0 Å². The maximum absolute atomic E-state index is 12.0. The van der Waals surface area contributed by atoms with E-state index in [0.717, 1.165) is 19.4 Å². The zero-order valence-corrected chi connectivity index (χ0v) is 11.4. The normalized spacial score (nSPS) is 20.6. The van der Waals surface area contributed by atoms with Gasteiger partial charge in [-0.1, -0.05) is 13.0 Å². The summed E-state index contributed by atoms with van der Waals surface area (Å²) in [6, 6.07) is 4.10. The molecule has 1 atom stereocenters. The zero-order valence-electron chi connectivity index (χ0n) is 10.6. The number of rotatable bonds is 5. The van der Waals surface area contributed by atoms with Gasteiger partial charge >= 0.3 is 5.97 Å². The van der Waals surface area contributed by atoms with Gasteiger partial charge < -0.3 is 4.74 Å². The Morgan fingerprint density at radius 1 is 1.65 bits per heavy atom. The van der Waals surface area contributed by atoms with E-state index in [2.05, 4.69) is 18.3 Å². The van der Waals surface area contributed by atoms with Crippen LogP contribution in [0.3, 0.4) is 0 Å². The van der Waals surface area contributed by atoms with Crippen molar-refractivity contribution in [1.29, 1.82) is 0 Å². The molecule has 0 amide bonds. The standard InChI is InChI=1S/C13H19NO2S/c1-12(6-7-12)13(2,11(15)16-3)14-9-10-5-4-8-17-10/h4-5,8,14H,6-7,9H2,1-3H3. The van der Waals surface area contributed by atoms with E-state index in [1.54, 1.807) is 11.3 Å². The first kappa shape index (κ1) is 12.6. The van der Waals surface area contributed by atoms with Crippen molar-refractivity contribution in [1.82, 2.24) is 5.32 Å². The lowest BCUT2D eigenvalue weighted by atomic mass is 9.83. The molecule has 1 aliphatic rings. The van der Waals surface area contributed by atoms with Crippen LogP contribution in [0.25, 0.3) is 0 Å². The Kier molecular flexibility index (Phi) is 3.27. The number of carbonyl (C=O) groups excluding carboxylic acids is 1. The fourth-order valence-corrected chi connectivity index (χ4v) is 2.75. The molecule has 1 fully saturated rings. The summed E-state index contributed by atoms with van der Waals surface area (Å²) in [5, 5.41) is 5.43. The first-order chi connectivity index (χ1) is 8.02. The van der Waals surface area contributed by atoms with E-state index in [4.69, 9.17) is 4.74 Å². The minimum atomic E-state index is -0.578. The minimum absolute atomic E-state index is 0.0390. The molecule has 3 nitrogen and oxygen atoms in total. The molecule has 0 saturated heterocycles. The van der Waals surface area contributed by atoms with Crippen LogP contribution < -0.4 is 5.32 Å². The summed E-state index contributed by atoms with van der Waals surface area (Å²) in [5.41, 5.74) is -0.539. The minimum Gasteiger partial charge on any atom is -0.468 e. The molecule has 1 heterocycles. The lowest BCUT2D eigenvalue weighted by molar-refractivity contribution is -0.151. The zero-order chi connectivity index (χ0) is 12.5. The van der Waals surface area contributed by atoms with Gasteiger partial charge in [0.1, 0.15) is 5.54 Å². The maximum atomic E-state index is 12.0. The van der Waals surface area contributed by atoms with Crippen molar-refractivity contribution >= 4 is 17.3 Å². The van der Waals surface area contributed by atoms with Crippen LogP contribution in [0.15, 0.2) is 17.5 Å². The fourth-order valence-electron chi connectivity index (χ4n) is 2.10. The van der Waals surface area contributed by atoms with E-state index in [1.807, 2.05) is 18.4 Å². The first-order valence-corrected chi connectivity index (χ1v) is 6.76. The third-order valence-corrected chi connectivity index (χ3v) is 4.87. The average molecular weight is 253 g/mol. The molecule has 0 aromatic carbocycles. The van der Waals surface area contributed by atoms with E-state index in [-0.39, 0.29) is 11.4 Å². The van der Waals surface area contributed by atoms with Crippen molar-refractivity contribution in [2.24, 2.45) is 5.41 Å². The molecule has 4 heteroatoms. The number of hydrogen-bond acceptors (Lipinski definition) is 4. The molecule has 0 aliphatic heterocycles. The summed E-state index contributed by atoms with van der Waals surface area (Å²) in [5.74, 6) is -0.158. The largest absolute Gasteiger partial charge is 0.468 e. The Bertz CT molecular complexity index is 398. The highest BCUT2D eigenvalue weighted by Crippen LogP contribution is 2.54. The fraction of sp³-hybridized carbons (Fsp3) is 0.615. The van der Waals surface area contributed by atoms with Crippen molar-refractivity contribution in [3.63, 3.8) is 0 Å². The van der Waals surface area contributed by atoms with Crippen LogP contribution in [0.5, 0.6) is 0 Å². The van der Waals surface area contributed by atoms with Crippen molar-refractivity contribution in [2.45, 2.75) is 38.8 Å². The van der Waals surface area contributed by atoms with Gasteiger partial charge in [0.2, 0.25) is 0 Å². The number of ether oxygens (including phenoxy) is 1. The predicted molar refractivity (Wildman–Crippen MR) is 68.9 cm³/mol. The van der Waals surface area contributed by atoms with Crippen LogP contribution in [-0.4, -0.2) is 18.6 Å². The van der Waals surface area contributed by atoms with Crippen molar-refractivity contribution in [2.75, 3.05) is 7.11 Å². The number of hydrogen-bond donors (Lipinski definition) is 1. The summed E-state index contributed by atoms with van der Waals surface area (Å²) < 4.78 is 4.95. The second-order valence-corrected chi connectivity index (χ2v) is 6.14. The van der Waals surface area contributed by atoms with Gasteiger partial charge in [0.15, 0.2) is 0 Å². The second-order valence-electron chi connectivity index (χ2n) is 5.11. The van der Waals surface area contributed by atoms with Crippen LogP contribution >= 0.6 is 11.3 Å². The Morgan fingerprint density at radius 2 is 2.35 bits per heavy atom. The highest BCUT2D eigenvalue weighted by Gasteiger charge is 2.57. The summed E-state index contributed by atoms with van der Waals surface area (Å²) in [7, 11) is 1.46. The molecule has 1 saturated carbocycles. The number of thiophene rings is 1. The van der Waals surface area contributed by atoms with Crippen molar-refractivity contribution in [3.8, 4) is 0 Å². The number of nitrogens with one attached hydrogen (secondary N) is 1. The molecule has 1 aromatic heterocycles. The van der Waals surface area contributed by atoms with Crippen LogP contribution in [0.1, 0.15) is 31.6 Å². The number of methoxy groups -OCH3 is 1. The summed E-state index contributed by atoms with van der Waals surface area (Å²) >= 11 is 1.70. The average Bonchev–Trinajstić information content (AvgIpc) is 2.89. The highest BCUT2D eigenvalue weighted by molar-refractivity contribution is 7.09. The molecular weight excluding hydrogens is 234 g/mol. The maximum Gasteiger partial charge on any atom is 0.326 e. The third-order valence-electron chi connectivity index (χ3n) is 4.00. The van der Waals surface area contributed by atoms with Crippen LogP contribution in [0.4, 0.5) is 0 Å². The van der Waals surface area contributed by atoms with Crippen LogP contribution in [-0.2, 0) is 16.1 Å². The van der Waals surface area contributed by atoms with Gasteiger partial charge in [-0.2, -0.15) is 0 Å². The SMILES string of the molecule is COC(=O)C(C)(NCc1cccs1)C1(C)CC1. The molecular formula is C13H19NO2S. The van der Waals surface area contributed by atoms with Crippen LogP contribution in [0, 0.1) is 5.41 Å². The van der Waals surface area contributed by atoms with Gasteiger partial charge in [0, 0.05) is 11.4 Å². The van der Waals surface area contributed by atoms with Gasteiger partial charge in [0.05, 0.1) is 7.11 Å². The molecule has 0 spiro atoms. The van der Waals surface area contributed by atoms with Gasteiger partial charge in [-0.15, -0.1) is 11.3 Å². The molecule has 17 heavy (non-hydrogen) atoms. The molecule has 0 radical (unpaired) electrons. The van der Waals surface area contributed by atoms with E-state index < -0.39 is 5.54 Å². The molecule has 1 aliphatic carbocycles. The molecule has 1 aromatic rings. The summed E-state index contributed by atoms with van der Waals surface area (Å²) in [6.45, 7) is 4.82. The second kappa shape index (κ2) is 4.42. The quantitative estimate of drug-likeness (QED) is 0.820. The lowest BCUT2D eigenvalue weighted by Gasteiger charge is -2.34. The predicted octanol–water partition coefficient (Wildman–Crippen LogP) is 2.57. The summed E-state index contributed by atoms with van der Waals surface area (Å²) in [4.78, 5) is 13.2. The van der Waals surface area contributed by atoms with E-state index in [9.17, 15) is 4.79 Å². The Hall–Kier alpha value is -0.870. The monoisotopic (exact) mass is 253 g/mol. The van der Waals surface area contributed by atoms with Crippen molar-refractivity contribution in [3.05, 3.63) is 22.4 Å². The molecule has 1 unspecified atom stereocenters. The summed E-state index contributed by atoms with van der Waals surface area (Å²) in [6.07, 6.45) is 2.16. The third kappa shape index (κ3) is 2.24. The smallest absolute Gasteiger partial charge is 0.326 e. The lowest BCUT2D eigenvalue weighted by Crippen LogP contribution is -2.55. The molecule has 1 N–H and O–H groups in total. The highest BCUT2D eigenvalue weighted by atomic mass is 32.1. The van der Waals surface area contributed by atoms with E-state index in [0.29, 0.717) is 0 Å². The Morgan fingerprint density at radius 3 is 2.82 bits per heavy atom. The molecule has 94 valence electrons. The van der Waals surface area contributed by atoms with E-state index in [1.165, 1.54) is 12.0 Å². The topological polar surface area (TPSA) is 38.3 Å². The first-order valence-electron chi connectivity index (χ1n) is 5.88. The number of carbonyl (C=O) groups is 1. The van der Waals surface area contributed by atoms with Crippen molar-refractivity contribution < 1.29 is 9.53 Å². The number of esters is 1. The van der Waals surface area contributed by atoms with Gasteiger partial charge in [0.25, 0.3) is 0 Å². The van der Waals surface area contributed by atoms with Gasteiger partial charge in [-0.25, -0.2) is 0 Å².